The molecule has 0 spiro atoms. The molecule has 0 aliphatic carbocycles. The third kappa shape index (κ3) is 7.37. The molecule has 37 heavy (non-hydrogen) atoms. The lowest BCUT2D eigenvalue weighted by molar-refractivity contribution is -0.123. The second-order valence-corrected chi connectivity index (χ2v) is 8.11. The van der Waals surface area contributed by atoms with Crippen LogP contribution in [0.25, 0.3) is 0 Å². The number of benzene rings is 3. The van der Waals surface area contributed by atoms with Gasteiger partial charge in [-0.3, -0.25) is 4.79 Å². The molecule has 3 aromatic rings. The van der Waals surface area contributed by atoms with E-state index in [9.17, 15) is 9.59 Å². The van der Waals surface area contributed by atoms with Gasteiger partial charge in [-0.15, -0.1) is 0 Å². The second kappa shape index (κ2) is 13.2. The van der Waals surface area contributed by atoms with Gasteiger partial charge >= 0.3 is 5.97 Å². The fraction of sp³-hybridized carbons (Fsp3) is 0.192. The van der Waals surface area contributed by atoms with E-state index in [0.717, 1.165) is 0 Å². The summed E-state index contributed by atoms with van der Waals surface area (Å²) in [5, 5.41) is 3.92. The average molecular weight is 573 g/mol. The molecule has 0 saturated heterocycles. The van der Waals surface area contributed by atoms with Crippen LogP contribution in [0.3, 0.4) is 0 Å². The number of rotatable bonds is 11. The van der Waals surface area contributed by atoms with Crippen LogP contribution in [0.2, 0.25) is 0 Å². The Morgan fingerprint density at radius 1 is 0.865 bits per heavy atom. The number of methoxy groups -OCH3 is 4. The summed E-state index contributed by atoms with van der Waals surface area (Å²) in [5.41, 5.74) is 3.19. The molecule has 0 bridgehead atoms. The molecular formula is C26H25BrN2O8. The maximum Gasteiger partial charge on any atom is 0.343 e. The van der Waals surface area contributed by atoms with Crippen molar-refractivity contribution in [2.45, 2.75) is 0 Å². The maximum absolute atomic E-state index is 12.7. The van der Waals surface area contributed by atoms with Crippen LogP contribution in [-0.2, 0) is 4.79 Å². The first kappa shape index (κ1) is 27.3. The van der Waals surface area contributed by atoms with E-state index in [0.29, 0.717) is 38.8 Å². The van der Waals surface area contributed by atoms with E-state index >= 15 is 0 Å². The van der Waals surface area contributed by atoms with E-state index in [1.54, 1.807) is 49.6 Å². The van der Waals surface area contributed by atoms with Crippen LogP contribution in [0.4, 0.5) is 0 Å². The van der Waals surface area contributed by atoms with E-state index in [1.807, 2.05) is 0 Å². The van der Waals surface area contributed by atoms with Gasteiger partial charge in [0.05, 0.1) is 44.7 Å². The van der Waals surface area contributed by atoms with E-state index in [1.165, 1.54) is 39.7 Å². The summed E-state index contributed by atoms with van der Waals surface area (Å²) in [7, 11) is 5.94. The van der Waals surface area contributed by atoms with Crippen molar-refractivity contribution in [3.8, 4) is 34.5 Å². The predicted molar refractivity (Wildman–Crippen MR) is 139 cm³/mol. The Labute approximate surface area is 222 Å². The third-order valence-corrected chi connectivity index (χ3v) is 5.49. The van der Waals surface area contributed by atoms with Crippen LogP contribution in [0, 0.1) is 0 Å². The van der Waals surface area contributed by atoms with Crippen LogP contribution in [-0.4, -0.2) is 53.1 Å². The lowest BCUT2D eigenvalue weighted by Crippen LogP contribution is -2.24. The Morgan fingerprint density at radius 3 is 2.22 bits per heavy atom. The number of esters is 1. The maximum atomic E-state index is 12.7. The first-order valence-electron chi connectivity index (χ1n) is 10.8. The predicted octanol–water partition coefficient (Wildman–Crippen LogP) is 4.23. The van der Waals surface area contributed by atoms with Crippen molar-refractivity contribution in [2.75, 3.05) is 35.0 Å². The largest absolute Gasteiger partial charge is 0.497 e. The van der Waals surface area contributed by atoms with Crippen LogP contribution >= 0.6 is 15.9 Å². The van der Waals surface area contributed by atoms with Gasteiger partial charge in [0, 0.05) is 0 Å². The highest BCUT2D eigenvalue weighted by atomic mass is 79.9. The van der Waals surface area contributed by atoms with Gasteiger partial charge in [-0.25, -0.2) is 10.2 Å². The Hall–Kier alpha value is -4.25. The summed E-state index contributed by atoms with van der Waals surface area (Å²) in [4.78, 5) is 24.8. The van der Waals surface area contributed by atoms with Gasteiger partial charge < -0.3 is 28.4 Å². The fourth-order valence-electron chi connectivity index (χ4n) is 3.10. The van der Waals surface area contributed by atoms with E-state index in [-0.39, 0.29) is 17.9 Å². The van der Waals surface area contributed by atoms with Crippen LogP contribution in [0.5, 0.6) is 34.5 Å². The molecule has 194 valence electrons. The zero-order valence-electron chi connectivity index (χ0n) is 20.6. The number of carbonyl (C=O) groups is 2. The minimum Gasteiger partial charge on any atom is -0.497 e. The Bertz CT molecular complexity index is 1270. The van der Waals surface area contributed by atoms with Gasteiger partial charge in [-0.05, 0) is 64.0 Å². The summed E-state index contributed by atoms with van der Waals surface area (Å²) in [6.45, 7) is -0.241. The lowest BCUT2D eigenvalue weighted by Gasteiger charge is -2.13. The smallest absolute Gasteiger partial charge is 0.343 e. The molecule has 3 rings (SSSR count). The molecule has 0 unspecified atom stereocenters. The van der Waals surface area contributed by atoms with E-state index in [4.69, 9.17) is 28.4 Å². The Balaban J connectivity index is 1.59. The number of nitrogens with one attached hydrogen (secondary N) is 1. The first-order chi connectivity index (χ1) is 17.9. The normalized spacial score (nSPS) is 10.5. The van der Waals surface area contributed by atoms with Gasteiger partial charge in [-0.1, -0.05) is 12.1 Å². The summed E-state index contributed by atoms with van der Waals surface area (Å²) in [5.74, 6) is 1.37. The second-order valence-electron chi connectivity index (χ2n) is 7.25. The monoisotopic (exact) mass is 572 g/mol. The molecule has 10 nitrogen and oxygen atoms in total. The topological polar surface area (TPSA) is 114 Å². The zero-order chi connectivity index (χ0) is 26.8. The van der Waals surface area contributed by atoms with Crippen molar-refractivity contribution < 1.29 is 38.0 Å². The summed E-state index contributed by atoms with van der Waals surface area (Å²) >= 11 is 3.36. The molecule has 0 atom stereocenters. The van der Waals surface area contributed by atoms with Crippen molar-refractivity contribution >= 4 is 34.0 Å². The fourth-order valence-corrected chi connectivity index (χ4v) is 3.58. The van der Waals surface area contributed by atoms with Crippen molar-refractivity contribution in [1.29, 1.82) is 0 Å². The number of hydrogen-bond acceptors (Lipinski definition) is 9. The average Bonchev–Trinajstić information content (AvgIpc) is 2.91. The first-order valence-corrected chi connectivity index (χ1v) is 11.6. The standard InChI is InChI=1S/C26H25BrN2O8/c1-32-18-8-9-21(20(27)13-18)36-15-24(30)29-28-14-16-6-5-7-19(10-16)37-26(31)17-11-22(33-2)25(35-4)23(12-17)34-3/h5-14H,15H2,1-4H3,(H,29,30). The van der Waals surface area contributed by atoms with Crippen LogP contribution in [0.1, 0.15) is 15.9 Å². The van der Waals surface area contributed by atoms with Gasteiger partial charge in [0.1, 0.15) is 17.2 Å². The number of carbonyl (C=O) groups excluding carboxylic acids is 2. The number of amides is 1. The molecule has 1 N–H and O–H groups in total. The highest BCUT2D eigenvalue weighted by Crippen LogP contribution is 2.38. The Kier molecular flexibility index (Phi) is 9.73. The zero-order valence-corrected chi connectivity index (χ0v) is 22.2. The molecule has 0 radical (unpaired) electrons. The number of nitrogens with zero attached hydrogens (tertiary/aromatic N) is 1. The molecule has 0 aliphatic heterocycles. The number of halogens is 1. The molecular weight excluding hydrogens is 548 g/mol. The summed E-state index contributed by atoms with van der Waals surface area (Å²) in [6.07, 6.45) is 1.41. The summed E-state index contributed by atoms with van der Waals surface area (Å²) < 4.78 is 32.6. The summed E-state index contributed by atoms with van der Waals surface area (Å²) in [6, 6.07) is 14.8. The molecule has 0 heterocycles. The molecule has 0 aliphatic rings. The minimum absolute atomic E-state index is 0.212. The molecule has 0 aromatic heterocycles. The van der Waals surface area contributed by atoms with Crippen LogP contribution < -0.4 is 33.8 Å². The molecule has 0 saturated carbocycles. The number of hydrazone groups is 1. The SMILES string of the molecule is COc1ccc(OCC(=O)NN=Cc2cccc(OC(=O)c3cc(OC)c(OC)c(OC)c3)c2)c(Br)c1. The van der Waals surface area contributed by atoms with Crippen molar-refractivity contribution in [1.82, 2.24) is 5.43 Å². The molecule has 0 fully saturated rings. The van der Waals surface area contributed by atoms with E-state index in [2.05, 4.69) is 26.5 Å². The molecule has 3 aromatic carbocycles. The van der Waals surface area contributed by atoms with Gasteiger partial charge in [0.15, 0.2) is 18.1 Å². The van der Waals surface area contributed by atoms with Gasteiger partial charge in [-0.2, -0.15) is 5.10 Å². The van der Waals surface area contributed by atoms with Crippen molar-refractivity contribution in [2.24, 2.45) is 5.10 Å². The number of hydrogen-bond donors (Lipinski definition) is 1. The molecule has 11 heteroatoms. The highest BCUT2D eigenvalue weighted by molar-refractivity contribution is 9.10. The Morgan fingerprint density at radius 2 is 1.59 bits per heavy atom. The molecule has 1 amide bonds. The quantitative estimate of drug-likeness (QED) is 0.157. The van der Waals surface area contributed by atoms with E-state index < -0.39 is 11.9 Å². The minimum atomic E-state index is -0.622. The van der Waals surface area contributed by atoms with Gasteiger partial charge in [0.2, 0.25) is 5.75 Å². The lowest BCUT2D eigenvalue weighted by atomic mass is 10.1. The highest BCUT2D eigenvalue weighted by Gasteiger charge is 2.18. The number of ether oxygens (including phenoxy) is 6. The van der Waals surface area contributed by atoms with Crippen molar-refractivity contribution in [3.63, 3.8) is 0 Å². The van der Waals surface area contributed by atoms with Crippen LogP contribution in [0.15, 0.2) is 64.2 Å². The van der Waals surface area contributed by atoms with Crippen molar-refractivity contribution in [3.05, 3.63) is 70.2 Å². The third-order valence-electron chi connectivity index (χ3n) is 4.87. The van der Waals surface area contributed by atoms with Gasteiger partial charge in [0.25, 0.3) is 5.91 Å².